The van der Waals surface area contributed by atoms with Crippen LogP contribution in [-0.4, -0.2) is 16.8 Å². The van der Waals surface area contributed by atoms with Gasteiger partial charge >= 0.3 is 0 Å². The molecule has 0 radical (unpaired) electrons. The lowest BCUT2D eigenvalue weighted by Crippen LogP contribution is -2.40. The van der Waals surface area contributed by atoms with Crippen molar-refractivity contribution in [1.82, 2.24) is 4.98 Å². The van der Waals surface area contributed by atoms with Gasteiger partial charge in [0.1, 0.15) is 0 Å². The smallest absolute Gasteiger partial charge is 0.155 e. The van der Waals surface area contributed by atoms with Gasteiger partial charge in [-0.15, -0.1) is 0 Å². The second-order valence-electron chi connectivity index (χ2n) is 4.75. The Kier molecular flexibility index (Phi) is 6.66. The van der Waals surface area contributed by atoms with E-state index in [1.165, 1.54) is 0 Å². The van der Waals surface area contributed by atoms with Crippen LogP contribution in [0.25, 0.3) is 0 Å². The van der Waals surface area contributed by atoms with Gasteiger partial charge in [-0.1, -0.05) is 40.7 Å². The summed E-state index contributed by atoms with van der Waals surface area (Å²) in [6.07, 6.45) is 2.22. The number of hydrogen-bond acceptors (Lipinski definition) is 3. The molecular weight excluding hydrogens is 212 g/mol. The number of pyridine rings is 1. The maximum Gasteiger partial charge on any atom is 0.155 e. The topological polar surface area (TPSA) is 56.0 Å². The molecule has 98 valence electrons. The zero-order chi connectivity index (χ0) is 13.5. The maximum absolute atomic E-state index is 11.8. The van der Waals surface area contributed by atoms with Gasteiger partial charge in [0.05, 0.1) is 6.04 Å². The fourth-order valence-corrected chi connectivity index (χ4v) is 1.39. The molecule has 0 unspecified atom stereocenters. The van der Waals surface area contributed by atoms with E-state index in [4.69, 9.17) is 5.73 Å². The molecule has 1 heterocycles. The summed E-state index contributed by atoms with van der Waals surface area (Å²) in [5.74, 6) is 0.0770. The highest BCUT2D eigenvalue weighted by molar-refractivity contribution is 5.88. The van der Waals surface area contributed by atoms with Gasteiger partial charge in [-0.3, -0.25) is 9.78 Å². The van der Waals surface area contributed by atoms with Crippen LogP contribution in [-0.2, 0) is 11.2 Å². The van der Waals surface area contributed by atoms with E-state index >= 15 is 0 Å². The predicted octanol–water partition coefficient (Wildman–Crippen LogP) is 2.84. The third-order valence-electron chi connectivity index (χ3n) is 2.23. The average molecular weight is 238 g/mol. The second-order valence-corrected chi connectivity index (χ2v) is 4.75. The van der Waals surface area contributed by atoms with Crippen LogP contribution in [0.15, 0.2) is 24.4 Å². The number of aromatic nitrogens is 1. The number of nitrogens with two attached hydrogens (primary N) is 1. The Morgan fingerprint density at radius 1 is 1.41 bits per heavy atom. The van der Waals surface area contributed by atoms with Crippen LogP contribution in [0, 0.1) is 5.41 Å². The SMILES string of the molecule is CC.CC(C)(C)C(=O)[C@@H](N)Cc1ccccn1.[HH]. The number of Topliss-reactive ketones (excluding diaryl/α,β-unsaturated/α-hetero) is 1. The molecule has 0 saturated heterocycles. The normalized spacial score (nSPS) is 12.4. The van der Waals surface area contributed by atoms with Gasteiger partial charge in [0.2, 0.25) is 0 Å². The van der Waals surface area contributed by atoms with Gasteiger partial charge < -0.3 is 5.73 Å². The van der Waals surface area contributed by atoms with Gasteiger partial charge in [0.15, 0.2) is 5.78 Å². The van der Waals surface area contributed by atoms with E-state index < -0.39 is 6.04 Å². The lowest BCUT2D eigenvalue weighted by Gasteiger charge is -2.21. The second kappa shape index (κ2) is 7.17. The predicted molar refractivity (Wildman–Crippen MR) is 73.8 cm³/mol. The number of hydrogen-bond donors (Lipinski definition) is 1. The zero-order valence-electron chi connectivity index (χ0n) is 11.5. The van der Waals surface area contributed by atoms with Crippen molar-refractivity contribution < 1.29 is 6.22 Å². The highest BCUT2D eigenvalue weighted by Gasteiger charge is 2.27. The van der Waals surface area contributed by atoms with E-state index in [-0.39, 0.29) is 12.6 Å². The van der Waals surface area contributed by atoms with E-state index in [2.05, 4.69) is 4.98 Å². The van der Waals surface area contributed by atoms with Crippen LogP contribution in [0.1, 0.15) is 41.7 Å². The molecular formula is C14H26N2O. The third-order valence-corrected chi connectivity index (χ3v) is 2.23. The summed E-state index contributed by atoms with van der Waals surface area (Å²) in [5.41, 5.74) is 6.33. The van der Waals surface area contributed by atoms with Gasteiger partial charge in [0.25, 0.3) is 0 Å². The number of carbonyl (C=O) groups excluding carboxylic acids is 1. The minimum absolute atomic E-state index is 0. The summed E-state index contributed by atoms with van der Waals surface area (Å²) >= 11 is 0. The van der Waals surface area contributed by atoms with E-state index in [1.807, 2.05) is 52.8 Å². The van der Waals surface area contributed by atoms with Crippen LogP contribution >= 0.6 is 0 Å². The van der Waals surface area contributed by atoms with Gasteiger partial charge in [-0.25, -0.2) is 0 Å². The molecule has 0 spiro atoms. The minimum atomic E-state index is -0.458. The van der Waals surface area contributed by atoms with Crippen molar-refractivity contribution in [2.75, 3.05) is 0 Å². The van der Waals surface area contributed by atoms with Crippen molar-refractivity contribution in [3.05, 3.63) is 30.1 Å². The van der Waals surface area contributed by atoms with Crippen molar-refractivity contribution in [3.8, 4) is 0 Å². The van der Waals surface area contributed by atoms with E-state index in [1.54, 1.807) is 6.20 Å². The molecule has 0 aliphatic heterocycles. The lowest BCUT2D eigenvalue weighted by atomic mass is 9.85. The first-order valence-corrected chi connectivity index (χ1v) is 6.11. The zero-order valence-corrected chi connectivity index (χ0v) is 11.5. The third kappa shape index (κ3) is 5.59. The van der Waals surface area contributed by atoms with E-state index in [0.717, 1.165) is 5.69 Å². The fraction of sp³-hybridized carbons (Fsp3) is 0.571. The van der Waals surface area contributed by atoms with Crippen LogP contribution in [0.4, 0.5) is 0 Å². The van der Waals surface area contributed by atoms with E-state index in [9.17, 15) is 4.79 Å². The van der Waals surface area contributed by atoms with Crippen LogP contribution < -0.4 is 5.73 Å². The molecule has 1 aromatic rings. The Morgan fingerprint density at radius 3 is 2.41 bits per heavy atom. The number of rotatable bonds is 3. The van der Waals surface area contributed by atoms with Crippen molar-refractivity contribution in [1.29, 1.82) is 0 Å². The first-order chi connectivity index (χ1) is 7.91. The van der Waals surface area contributed by atoms with Crippen molar-refractivity contribution in [2.45, 2.75) is 47.1 Å². The highest BCUT2D eigenvalue weighted by atomic mass is 16.1. The van der Waals surface area contributed by atoms with Crippen molar-refractivity contribution in [2.24, 2.45) is 11.1 Å². The van der Waals surface area contributed by atoms with Crippen LogP contribution in [0.5, 0.6) is 0 Å². The molecule has 3 nitrogen and oxygen atoms in total. The first kappa shape index (κ1) is 15.8. The molecule has 0 saturated carbocycles. The lowest BCUT2D eigenvalue weighted by molar-refractivity contribution is -0.127. The molecule has 0 aliphatic carbocycles. The number of ketones is 1. The summed E-state index contributed by atoms with van der Waals surface area (Å²) in [6, 6.07) is 5.17. The Labute approximate surface area is 106 Å². The van der Waals surface area contributed by atoms with Crippen LogP contribution in [0.3, 0.4) is 0 Å². The Hall–Kier alpha value is -1.22. The largest absolute Gasteiger partial charge is 0.321 e. The summed E-state index contributed by atoms with van der Waals surface area (Å²) in [7, 11) is 0. The monoisotopic (exact) mass is 238 g/mol. The molecule has 0 bridgehead atoms. The Bertz CT molecular complexity index is 333. The fourth-order valence-electron chi connectivity index (χ4n) is 1.39. The Morgan fingerprint density at radius 2 is 2.00 bits per heavy atom. The summed E-state index contributed by atoms with van der Waals surface area (Å²) < 4.78 is 0. The average Bonchev–Trinajstić information content (AvgIpc) is 2.30. The number of nitrogens with zero attached hydrogens (tertiary/aromatic N) is 1. The summed E-state index contributed by atoms with van der Waals surface area (Å²) in [5, 5.41) is 0. The molecule has 0 aliphatic rings. The van der Waals surface area contributed by atoms with Crippen molar-refractivity contribution in [3.63, 3.8) is 0 Å². The quantitative estimate of drug-likeness (QED) is 0.881. The molecule has 1 atom stereocenters. The molecule has 0 aromatic carbocycles. The summed E-state index contributed by atoms with van der Waals surface area (Å²) in [6.45, 7) is 9.65. The molecule has 2 N–H and O–H groups in total. The van der Waals surface area contributed by atoms with Crippen LogP contribution in [0.2, 0.25) is 0 Å². The molecule has 1 aromatic heterocycles. The van der Waals surface area contributed by atoms with Gasteiger partial charge in [0, 0.05) is 25.2 Å². The molecule has 0 fully saturated rings. The first-order valence-electron chi connectivity index (χ1n) is 6.11. The maximum atomic E-state index is 11.8. The van der Waals surface area contributed by atoms with Gasteiger partial charge in [-0.05, 0) is 12.1 Å². The number of carbonyl (C=O) groups is 1. The van der Waals surface area contributed by atoms with Crippen molar-refractivity contribution >= 4 is 5.78 Å². The minimum Gasteiger partial charge on any atom is -0.321 e. The molecule has 1 rings (SSSR count). The standard InChI is InChI=1S/C12H18N2O.C2H6.H2/c1-12(2,3)11(15)10(13)8-9-6-4-5-7-14-9;1-2;/h4-7,10H,8,13H2,1-3H3;1-2H3;1H/t10-;;/m0../s1. The molecule has 0 amide bonds. The molecule has 17 heavy (non-hydrogen) atoms. The molecule has 3 heteroatoms. The highest BCUT2D eigenvalue weighted by Crippen LogP contribution is 2.17. The van der Waals surface area contributed by atoms with E-state index in [0.29, 0.717) is 6.42 Å². The summed E-state index contributed by atoms with van der Waals surface area (Å²) in [4.78, 5) is 16.0. The van der Waals surface area contributed by atoms with Gasteiger partial charge in [-0.2, -0.15) is 0 Å². The Balaban J connectivity index is 0.